The third-order valence-electron chi connectivity index (χ3n) is 3.75. The maximum Gasteiger partial charge on any atom is 0.119 e. The van der Waals surface area contributed by atoms with E-state index in [0.29, 0.717) is 12.4 Å². The van der Waals surface area contributed by atoms with Crippen molar-refractivity contribution < 1.29 is 9.84 Å². The van der Waals surface area contributed by atoms with Crippen molar-refractivity contribution in [2.24, 2.45) is 0 Å². The second-order valence-corrected chi connectivity index (χ2v) is 6.70. The van der Waals surface area contributed by atoms with Gasteiger partial charge in [0.25, 0.3) is 0 Å². The minimum atomic E-state index is 0.347. The van der Waals surface area contributed by atoms with E-state index in [4.69, 9.17) is 4.74 Å². The van der Waals surface area contributed by atoms with E-state index in [1.165, 1.54) is 11.1 Å². The molecule has 3 heteroatoms. The molecule has 24 heavy (non-hydrogen) atoms. The van der Waals surface area contributed by atoms with Gasteiger partial charge in [0.1, 0.15) is 18.1 Å². The first-order valence-corrected chi connectivity index (χ1v) is 8.87. The summed E-state index contributed by atoms with van der Waals surface area (Å²) in [6.45, 7) is 2.50. The van der Waals surface area contributed by atoms with Crippen molar-refractivity contribution in [3.05, 3.63) is 89.5 Å². The fourth-order valence-electron chi connectivity index (χ4n) is 2.31. The Bertz CT molecular complexity index is 783. The lowest BCUT2D eigenvalue weighted by molar-refractivity contribution is 0.306. The van der Waals surface area contributed by atoms with Gasteiger partial charge in [-0.25, -0.2) is 0 Å². The first-order valence-electron chi connectivity index (χ1n) is 7.89. The Morgan fingerprint density at radius 1 is 0.875 bits per heavy atom. The van der Waals surface area contributed by atoms with E-state index in [2.05, 4.69) is 24.3 Å². The van der Waals surface area contributed by atoms with Crippen LogP contribution in [0.3, 0.4) is 0 Å². The molecule has 0 saturated heterocycles. The van der Waals surface area contributed by atoms with Crippen molar-refractivity contribution in [2.75, 3.05) is 0 Å². The lowest BCUT2D eigenvalue weighted by Crippen LogP contribution is -1.94. The number of hydrogen-bond donors (Lipinski definition) is 1. The van der Waals surface area contributed by atoms with Crippen LogP contribution in [0.2, 0.25) is 0 Å². The van der Waals surface area contributed by atoms with Crippen molar-refractivity contribution in [1.82, 2.24) is 0 Å². The predicted molar refractivity (Wildman–Crippen MR) is 99.6 cm³/mol. The summed E-state index contributed by atoms with van der Waals surface area (Å²) in [5.74, 6) is 2.12. The van der Waals surface area contributed by atoms with Gasteiger partial charge in [-0.05, 0) is 53.9 Å². The van der Waals surface area contributed by atoms with Gasteiger partial charge in [-0.1, -0.05) is 42.5 Å². The number of aromatic hydroxyl groups is 1. The first-order chi connectivity index (χ1) is 11.7. The van der Waals surface area contributed by atoms with E-state index in [1.807, 2.05) is 49.4 Å². The van der Waals surface area contributed by atoms with Crippen LogP contribution in [0.4, 0.5) is 0 Å². The lowest BCUT2D eigenvalue weighted by atomic mass is 10.2. The van der Waals surface area contributed by atoms with Crippen LogP contribution in [0.5, 0.6) is 11.5 Å². The minimum Gasteiger partial charge on any atom is -0.508 e. The summed E-state index contributed by atoms with van der Waals surface area (Å²) in [4.78, 5) is 1.16. The second kappa shape index (κ2) is 7.93. The van der Waals surface area contributed by atoms with Crippen LogP contribution < -0.4 is 4.74 Å². The van der Waals surface area contributed by atoms with E-state index in [1.54, 1.807) is 17.8 Å². The summed E-state index contributed by atoms with van der Waals surface area (Å²) < 4.78 is 5.80. The van der Waals surface area contributed by atoms with Crippen LogP contribution >= 0.6 is 11.8 Å². The number of hydrogen-bond acceptors (Lipinski definition) is 3. The molecule has 2 nitrogen and oxygen atoms in total. The summed E-state index contributed by atoms with van der Waals surface area (Å²) in [7, 11) is 0. The standard InChI is InChI=1S/C21H20O2S/c1-16-13-20(11-12-21(16)22)24-15-18-7-9-19(10-8-18)23-14-17-5-3-2-4-6-17/h2-13,22H,14-15H2,1H3. The lowest BCUT2D eigenvalue weighted by Gasteiger charge is -2.08. The number of phenolic OH excluding ortho intramolecular Hbond substituents is 1. The van der Waals surface area contributed by atoms with Crippen LogP contribution in [0.1, 0.15) is 16.7 Å². The zero-order valence-electron chi connectivity index (χ0n) is 13.6. The summed E-state index contributed by atoms with van der Waals surface area (Å²) in [6, 6.07) is 24.1. The molecule has 3 rings (SSSR count). The molecule has 0 atom stereocenters. The molecule has 122 valence electrons. The van der Waals surface area contributed by atoms with Crippen LogP contribution in [0.25, 0.3) is 0 Å². The third kappa shape index (κ3) is 4.56. The Morgan fingerprint density at radius 2 is 1.62 bits per heavy atom. The van der Waals surface area contributed by atoms with Gasteiger partial charge < -0.3 is 9.84 Å². The molecule has 0 bridgehead atoms. The average molecular weight is 336 g/mol. The number of aryl methyl sites for hydroxylation is 1. The molecule has 0 saturated carbocycles. The molecular formula is C21H20O2S. The molecule has 0 heterocycles. The molecule has 0 aromatic heterocycles. The molecule has 3 aromatic rings. The highest BCUT2D eigenvalue weighted by atomic mass is 32.2. The average Bonchev–Trinajstić information content (AvgIpc) is 2.63. The highest BCUT2D eigenvalue weighted by Crippen LogP contribution is 2.27. The fourth-order valence-corrected chi connectivity index (χ4v) is 3.26. The molecule has 3 aromatic carbocycles. The quantitative estimate of drug-likeness (QED) is 0.597. The molecule has 0 aliphatic carbocycles. The normalized spacial score (nSPS) is 10.5. The van der Waals surface area contributed by atoms with E-state index in [-0.39, 0.29) is 0 Å². The molecule has 0 spiro atoms. The van der Waals surface area contributed by atoms with Gasteiger partial charge in [0.05, 0.1) is 0 Å². The molecule has 1 N–H and O–H groups in total. The minimum absolute atomic E-state index is 0.347. The van der Waals surface area contributed by atoms with Crippen LogP contribution in [-0.4, -0.2) is 5.11 Å². The maximum absolute atomic E-state index is 9.57. The number of ether oxygens (including phenoxy) is 1. The van der Waals surface area contributed by atoms with E-state index < -0.39 is 0 Å². The van der Waals surface area contributed by atoms with E-state index in [0.717, 1.165) is 22.0 Å². The van der Waals surface area contributed by atoms with Crippen molar-refractivity contribution in [2.45, 2.75) is 24.2 Å². The van der Waals surface area contributed by atoms with Crippen molar-refractivity contribution in [3.8, 4) is 11.5 Å². The number of phenols is 1. The van der Waals surface area contributed by atoms with E-state index >= 15 is 0 Å². The molecule has 0 fully saturated rings. The maximum atomic E-state index is 9.57. The topological polar surface area (TPSA) is 29.5 Å². The summed E-state index contributed by atoms with van der Waals surface area (Å²) in [5, 5.41) is 9.57. The Kier molecular flexibility index (Phi) is 5.44. The number of rotatable bonds is 6. The highest BCUT2D eigenvalue weighted by molar-refractivity contribution is 7.98. The van der Waals surface area contributed by atoms with Crippen molar-refractivity contribution in [1.29, 1.82) is 0 Å². The summed E-state index contributed by atoms with van der Waals surface area (Å²) in [5.41, 5.74) is 3.32. The molecular weight excluding hydrogens is 316 g/mol. The van der Waals surface area contributed by atoms with Gasteiger partial charge in [0.15, 0.2) is 0 Å². The van der Waals surface area contributed by atoms with Gasteiger partial charge in [-0.3, -0.25) is 0 Å². The molecule has 0 radical (unpaired) electrons. The van der Waals surface area contributed by atoms with Gasteiger partial charge in [-0.2, -0.15) is 0 Å². The smallest absolute Gasteiger partial charge is 0.119 e. The van der Waals surface area contributed by atoms with Crippen molar-refractivity contribution >= 4 is 11.8 Å². The zero-order valence-corrected chi connectivity index (χ0v) is 14.4. The summed E-state index contributed by atoms with van der Waals surface area (Å²) >= 11 is 1.76. The van der Waals surface area contributed by atoms with Gasteiger partial charge >= 0.3 is 0 Å². The van der Waals surface area contributed by atoms with Gasteiger partial charge in [-0.15, -0.1) is 11.8 Å². The van der Waals surface area contributed by atoms with Crippen LogP contribution in [-0.2, 0) is 12.4 Å². The number of benzene rings is 3. The van der Waals surface area contributed by atoms with Gasteiger partial charge in [0, 0.05) is 10.6 Å². The molecule has 0 unspecified atom stereocenters. The Morgan fingerprint density at radius 3 is 2.33 bits per heavy atom. The fraction of sp³-hybridized carbons (Fsp3) is 0.143. The molecule has 0 aliphatic rings. The Labute approximate surface area is 147 Å². The zero-order chi connectivity index (χ0) is 16.8. The predicted octanol–water partition coefficient (Wildman–Crippen LogP) is 5.57. The van der Waals surface area contributed by atoms with E-state index in [9.17, 15) is 5.11 Å². The first kappa shape index (κ1) is 16.5. The highest BCUT2D eigenvalue weighted by Gasteiger charge is 2.01. The number of thioether (sulfide) groups is 1. The second-order valence-electron chi connectivity index (χ2n) is 5.66. The molecule has 0 aliphatic heterocycles. The van der Waals surface area contributed by atoms with Crippen LogP contribution in [0.15, 0.2) is 77.7 Å². The molecule has 0 amide bonds. The monoisotopic (exact) mass is 336 g/mol. The SMILES string of the molecule is Cc1cc(SCc2ccc(OCc3ccccc3)cc2)ccc1O. The van der Waals surface area contributed by atoms with Crippen LogP contribution in [0, 0.1) is 6.92 Å². The third-order valence-corrected chi connectivity index (χ3v) is 4.81. The Hall–Kier alpha value is -2.39. The van der Waals surface area contributed by atoms with Gasteiger partial charge in [0.2, 0.25) is 0 Å². The van der Waals surface area contributed by atoms with Crippen molar-refractivity contribution in [3.63, 3.8) is 0 Å². The Balaban J connectivity index is 1.53. The summed E-state index contributed by atoms with van der Waals surface area (Å²) in [6.07, 6.45) is 0. The largest absolute Gasteiger partial charge is 0.508 e.